The van der Waals surface area contributed by atoms with Gasteiger partial charge in [0, 0.05) is 5.39 Å². The Balaban J connectivity index is 2.16. The summed E-state index contributed by atoms with van der Waals surface area (Å²) in [6.45, 7) is 0. The molecule has 0 bridgehead atoms. The van der Waals surface area contributed by atoms with E-state index < -0.39 is 5.51 Å². The van der Waals surface area contributed by atoms with Gasteiger partial charge in [-0.2, -0.15) is 13.2 Å². The molecule has 0 aliphatic heterocycles. The van der Waals surface area contributed by atoms with Gasteiger partial charge >= 0.3 is 5.51 Å². The van der Waals surface area contributed by atoms with Crippen LogP contribution in [-0.2, 0) is 0 Å². The molecule has 0 saturated heterocycles. The third-order valence-corrected chi connectivity index (χ3v) is 4.03. The highest BCUT2D eigenvalue weighted by Crippen LogP contribution is 2.39. The van der Waals surface area contributed by atoms with Crippen molar-refractivity contribution >= 4 is 22.9 Å². The summed E-state index contributed by atoms with van der Waals surface area (Å²) >= 11 is -0.146. The first kappa shape index (κ1) is 14.8. The lowest BCUT2D eigenvalue weighted by Crippen LogP contribution is -2.05. The monoisotopic (exact) mass is 323 g/mol. The predicted octanol–water partition coefficient (Wildman–Crippen LogP) is 5.33. The zero-order valence-corrected chi connectivity index (χ0v) is 12.4. The van der Waals surface area contributed by atoms with Gasteiger partial charge in [-0.25, -0.2) is 0 Å². The SMILES string of the molecule is COc1ccc(-c2cc3ccccc3n2SC(F)(F)F)cc1. The van der Waals surface area contributed by atoms with Gasteiger partial charge in [-0.1, -0.05) is 18.2 Å². The van der Waals surface area contributed by atoms with Crippen LogP contribution in [-0.4, -0.2) is 16.6 Å². The Bertz CT molecular complexity index is 793. The first-order chi connectivity index (χ1) is 10.5. The summed E-state index contributed by atoms with van der Waals surface area (Å²) in [7, 11) is 1.55. The van der Waals surface area contributed by atoms with Crippen LogP contribution in [0.4, 0.5) is 13.2 Å². The van der Waals surface area contributed by atoms with E-state index in [0.717, 1.165) is 5.39 Å². The van der Waals surface area contributed by atoms with Gasteiger partial charge in [-0.3, -0.25) is 3.97 Å². The average Bonchev–Trinajstić information content (AvgIpc) is 2.84. The van der Waals surface area contributed by atoms with Crippen LogP contribution in [0.15, 0.2) is 54.6 Å². The number of aromatic nitrogens is 1. The first-order valence-corrected chi connectivity index (χ1v) is 7.26. The fourth-order valence-electron chi connectivity index (χ4n) is 2.29. The van der Waals surface area contributed by atoms with Gasteiger partial charge in [0.05, 0.1) is 30.3 Å². The van der Waals surface area contributed by atoms with Crippen LogP contribution in [0.5, 0.6) is 5.75 Å². The molecular formula is C16H12F3NOS. The number of hydrogen-bond acceptors (Lipinski definition) is 2. The van der Waals surface area contributed by atoms with Gasteiger partial charge in [-0.05, 0) is 42.0 Å². The number of halogens is 3. The van der Waals surface area contributed by atoms with Crippen LogP contribution < -0.4 is 4.74 Å². The first-order valence-electron chi connectivity index (χ1n) is 6.49. The number of benzene rings is 2. The van der Waals surface area contributed by atoms with Gasteiger partial charge in [0.2, 0.25) is 0 Å². The topological polar surface area (TPSA) is 14.2 Å². The summed E-state index contributed by atoms with van der Waals surface area (Å²) in [4.78, 5) is 0. The third-order valence-electron chi connectivity index (χ3n) is 3.25. The van der Waals surface area contributed by atoms with Crippen molar-refractivity contribution in [1.82, 2.24) is 3.97 Å². The fraction of sp³-hybridized carbons (Fsp3) is 0.125. The maximum Gasteiger partial charge on any atom is 0.462 e. The van der Waals surface area contributed by atoms with Crippen molar-refractivity contribution in [3.8, 4) is 17.0 Å². The van der Waals surface area contributed by atoms with E-state index in [1.54, 1.807) is 55.6 Å². The average molecular weight is 323 g/mol. The second-order valence-corrected chi connectivity index (χ2v) is 5.66. The molecule has 114 valence electrons. The van der Waals surface area contributed by atoms with Crippen LogP contribution >= 0.6 is 11.9 Å². The summed E-state index contributed by atoms with van der Waals surface area (Å²) < 4.78 is 45.0. The van der Waals surface area contributed by atoms with Gasteiger partial charge in [-0.15, -0.1) is 0 Å². The quantitative estimate of drug-likeness (QED) is 0.646. The highest BCUT2D eigenvalue weighted by molar-refractivity contribution is 7.98. The summed E-state index contributed by atoms with van der Waals surface area (Å²) in [5.74, 6) is 0.662. The maximum absolute atomic E-state index is 12.9. The zero-order valence-electron chi connectivity index (χ0n) is 11.6. The molecule has 22 heavy (non-hydrogen) atoms. The molecule has 0 aliphatic rings. The molecule has 0 atom stereocenters. The molecule has 0 amide bonds. The van der Waals surface area contributed by atoms with Crippen molar-refractivity contribution in [2.75, 3.05) is 7.11 Å². The van der Waals surface area contributed by atoms with Gasteiger partial charge in [0.15, 0.2) is 0 Å². The van der Waals surface area contributed by atoms with Crippen molar-refractivity contribution in [1.29, 1.82) is 0 Å². The number of hydrogen-bond donors (Lipinski definition) is 0. The standard InChI is InChI=1S/C16H12F3NOS/c1-21-13-8-6-11(7-9-13)15-10-12-4-2-3-5-14(12)20(15)22-16(17,18)19/h2-10H,1H3. The molecule has 2 aromatic carbocycles. The molecule has 0 aliphatic carbocycles. The van der Waals surface area contributed by atoms with E-state index in [2.05, 4.69) is 0 Å². The molecule has 0 unspecified atom stereocenters. The highest BCUT2D eigenvalue weighted by Gasteiger charge is 2.32. The van der Waals surface area contributed by atoms with Crippen molar-refractivity contribution in [2.24, 2.45) is 0 Å². The molecule has 1 aromatic heterocycles. The summed E-state index contributed by atoms with van der Waals surface area (Å²) in [5, 5.41) is 0.769. The lowest BCUT2D eigenvalue weighted by Gasteiger charge is -2.12. The van der Waals surface area contributed by atoms with Crippen molar-refractivity contribution < 1.29 is 17.9 Å². The van der Waals surface area contributed by atoms with E-state index in [0.29, 0.717) is 22.5 Å². The highest BCUT2D eigenvalue weighted by atomic mass is 32.2. The van der Waals surface area contributed by atoms with Gasteiger partial charge in [0.1, 0.15) is 5.75 Å². The third kappa shape index (κ3) is 2.92. The van der Waals surface area contributed by atoms with E-state index in [-0.39, 0.29) is 11.9 Å². The van der Waals surface area contributed by atoms with E-state index in [1.807, 2.05) is 6.07 Å². The molecule has 3 aromatic rings. The molecule has 0 fully saturated rings. The molecule has 2 nitrogen and oxygen atoms in total. The van der Waals surface area contributed by atoms with Gasteiger partial charge in [0.25, 0.3) is 0 Å². The molecule has 1 heterocycles. The lowest BCUT2D eigenvalue weighted by molar-refractivity contribution is -0.0333. The molecule has 6 heteroatoms. The Hall–Kier alpha value is -2.08. The number of para-hydroxylation sites is 1. The van der Waals surface area contributed by atoms with E-state index in [1.165, 1.54) is 3.97 Å². The van der Waals surface area contributed by atoms with Crippen LogP contribution in [0.1, 0.15) is 0 Å². The molecule has 0 N–H and O–H groups in total. The van der Waals surface area contributed by atoms with E-state index in [9.17, 15) is 13.2 Å². The van der Waals surface area contributed by atoms with Crippen molar-refractivity contribution in [3.63, 3.8) is 0 Å². The van der Waals surface area contributed by atoms with Crippen LogP contribution in [0, 0.1) is 0 Å². The van der Waals surface area contributed by atoms with E-state index in [4.69, 9.17) is 4.74 Å². The smallest absolute Gasteiger partial charge is 0.462 e. The Morgan fingerprint density at radius 2 is 1.68 bits per heavy atom. The Morgan fingerprint density at radius 1 is 1.00 bits per heavy atom. The second kappa shape index (κ2) is 5.61. The molecule has 3 rings (SSSR count). The zero-order chi connectivity index (χ0) is 15.7. The number of methoxy groups -OCH3 is 1. The number of ether oxygens (including phenoxy) is 1. The fourth-order valence-corrected chi connectivity index (χ4v) is 3.02. The molecule has 0 radical (unpaired) electrons. The normalized spacial score (nSPS) is 11.8. The van der Waals surface area contributed by atoms with E-state index >= 15 is 0 Å². The molecule has 0 spiro atoms. The van der Waals surface area contributed by atoms with Crippen LogP contribution in [0.25, 0.3) is 22.2 Å². The minimum absolute atomic E-state index is 0.146. The summed E-state index contributed by atoms with van der Waals surface area (Å²) in [5.41, 5.74) is -2.61. The molecule has 0 saturated carbocycles. The van der Waals surface area contributed by atoms with Crippen LogP contribution in [0.3, 0.4) is 0 Å². The Morgan fingerprint density at radius 3 is 2.32 bits per heavy atom. The summed E-state index contributed by atoms with van der Waals surface area (Å²) in [6.07, 6.45) is 0. The largest absolute Gasteiger partial charge is 0.497 e. The number of alkyl halides is 3. The molecular weight excluding hydrogens is 311 g/mol. The maximum atomic E-state index is 12.9. The lowest BCUT2D eigenvalue weighted by atomic mass is 10.1. The number of fused-ring (bicyclic) bond motifs is 1. The number of nitrogens with zero attached hydrogens (tertiary/aromatic N) is 1. The number of rotatable bonds is 3. The predicted molar refractivity (Wildman–Crippen MR) is 83.0 cm³/mol. The minimum atomic E-state index is -4.36. The van der Waals surface area contributed by atoms with Gasteiger partial charge < -0.3 is 4.74 Å². The van der Waals surface area contributed by atoms with Crippen LogP contribution in [0.2, 0.25) is 0 Å². The second-order valence-electron chi connectivity index (χ2n) is 4.65. The Labute approximate surface area is 129 Å². The summed E-state index contributed by atoms with van der Waals surface area (Å²) in [6, 6.07) is 15.7. The minimum Gasteiger partial charge on any atom is -0.497 e. The van der Waals surface area contributed by atoms with Crippen molar-refractivity contribution in [3.05, 3.63) is 54.6 Å². The van der Waals surface area contributed by atoms with Crippen molar-refractivity contribution in [2.45, 2.75) is 5.51 Å². The Kier molecular flexibility index (Phi) is 3.78.